The largest absolute Gasteiger partial charge is 0.451 e. The Morgan fingerprint density at radius 2 is 2.03 bits per heavy atom. The van der Waals surface area contributed by atoms with Crippen LogP contribution in [-0.2, 0) is 30.5 Å². The van der Waals surface area contributed by atoms with E-state index < -0.39 is 12.0 Å². The molecule has 9 nitrogen and oxygen atoms in total. The second kappa shape index (κ2) is 9.25. The van der Waals surface area contributed by atoms with Crippen LogP contribution in [0.2, 0.25) is 0 Å². The van der Waals surface area contributed by atoms with E-state index in [-0.39, 0.29) is 30.9 Å². The molecule has 1 N–H and O–H groups in total. The molecule has 5 rings (SSSR count). The van der Waals surface area contributed by atoms with Gasteiger partial charge >= 0.3 is 6.18 Å². The number of hydrogen-bond acceptors (Lipinski definition) is 8. The second-order valence-corrected chi connectivity index (χ2v) is 10.1. The van der Waals surface area contributed by atoms with Gasteiger partial charge in [0.05, 0.1) is 11.9 Å². The minimum atomic E-state index is -4.54. The van der Waals surface area contributed by atoms with Crippen molar-refractivity contribution in [2.75, 3.05) is 29.4 Å². The first kappa shape index (κ1) is 23.8. The van der Waals surface area contributed by atoms with Crippen molar-refractivity contribution < 1.29 is 18.0 Å². The average Bonchev–Trinajstić information content (AvgIpc) is 3.41. The molecular formula is C22H27F3N8OS. The number of fused-ring (bicyclic) bond motifs is 2. The van der Waals surface area contributed by atoms with Gasteiger partial charge in [-0.25, -0.2) is 4.98 Å². The molecule has 1 amide bonds. The number of amides is 1. The first-order valence-corrected chi connectivity index (χ1v) is 12.6. The van der Waals surface area contributed by atoms with Crippen LogP contribution >= 0.6 is 11.3 Å². The molecule has 1 saturated heterocycles. The van der Waals surface area contributed by atoms with E-state index in [1.807, 2.05) is 4.90 Å². The molecule has 0 radical (unpaired) electrons. The second-order valence-electron chi connectivity index (χ2n) is 9.03. The first-order chi connectivity index (χ1) is 16.7. The Morgan fingerprint density at radius 1 is 1.20 bits per heavy atom. The number of carbonyl (C=O) groups is 1. The molecule has 2 aliphatic rings. The maximum Gasteiger partial charge on any atom is 0.451 e. The van der Waals surface area contributed by atoms with Gasteiger partial charge in [-0.2, -0.15) is 18.2 Å². The zero-order valence-corrected chi connectivity index (χ0v) is 20.4. The molecule has 3 aromatic rings. The zero-order chi connectivity index (χ0) is 24.7. The number of hydrogen-bond donors (Lipinski definition) is 1. The highest BCUT2D eigenvalue weighted by atomic mass is 32.1. The Hall–Kier alpha value is -2.96. The summed E-state index contributed by atoms with van der Waals surface area (Å²) in [6, 6.07) is 2.12. The maximum atomic E-state index is 13.3. The van der Waals surface area contributed by atoms with Gasteiger partial charge in [-0.05, 0) is 25.3 Å². The molecule has 188 valence electrons. The van der Waals surface area contributed by atoms with Gasteiger partial charge in [-0.1, -0.05) is 13.3 Å². The number of aromatic nitrogens is 5. The van der Waals surface area contributed by atoms with Gasteiger partial charge in [0.2, 0.25) is 17.7 Å². The van der Waals surface area contributed by atoms with E-state index in [0.717, 1.165) is 47.0 Å². The normalized spacial score (nSPS) is 18.7. The lowest BCUT2D eigenvalue weighted by molar-refractivity contribution is -0.147. The number of nitrogens with one attached hydrogen (secondary N) is 1. The molecule has 1 atom stereocenters. The minimum absolute atomic E-state index is 0.0253. The molecule has 5 heterocycles. The Labute approximate surface area is 204 Å². The maximum absolute atomic E-state index is 13.3. The monoisotopic (exact) mass is 508 g/mol. The Balaban J connectivity index is 1.50. The van der Waals surface area contributed by atoms with E-state index in [0.29, 0.717) is 24.9 Å². The van der Waals surface area contributed by atoms with E-state index in [4.69, 9.17) is 9.97 Å². The zero-order valence-electron chi connectivity index (χ0n) is 19.6. The van der Waals surface area contributed by atoms with Crippen molar-refractivity contribution in [1.29, 1.82) is 0 Å². The van der Waals surface area contributed by atoms with Crippen molar-refractivity contribution in [2.45, 2.75) is 64.8 Å². The number of alkyl halides is 3. The predicted molar refractivity (Wildman–Crippen MR) is 127 cm³/mol. The van der Waals surface area contributed by atoms with Gasteiger partial charge in [0, 0.05) is 44.0 Å². The fourth-order valence-electron chi connectivity index (χ4n) is 4.81. The van der Waals surface area contributed by atoms with Crippen molar-refractivity contribution in [1.82, 2.24) is 30.0 Å². The summed E-state index contributed by atoms with van der Waals surface area (Å²) >= 11 is 1.63. The topological polar surface area (TPSA) is 92.1 Å². The van der Waals surface area contributed by atoms with E-state index in [1.54, 1.807) is 11.3 Å². The van der Waals surface area contributed by atoms with Crippen LogP contribution in [0.4, 0.5) is 24.9 Å². The Morgan fingerprint density at radius 3 is 2.77 bits per heavy atom. The van der Waals surface area contributed by atoms with E-state index in [1.165, 1.54) is 11.8 Å². The highest BCUT2D eigenvalue weighted by molar-refractivity contribution is 7.18. The quantitative estimate of drug-likeness (QED) is 0.565. The fourth-order valence-corrected chi connectivity index (χ4v) is 5.93. The van der Waals surface area contributed by atoms with Crippen LogP contribution < -0.4 is 15.1 Å². The van der Waals surface area contributed by atoms with E-state index >= 15 is 0 Å². The lowest BCUT2D eigenvalue weighted by Gasteiger charge is -2.34. The number of carbonyl (C=O) groups excluding carboxylic acids is 1. The molecule has 0 aromatic carbocycles. The minimum Gasteiger partial charge on any atom is -0.352 e. The van der Waals surface area contributed by atoms with Crippen LogP contribution in [0.3, 0.4) is 0 Å². The highest BCUT2D eigenvalue weighted by Crippen LogP contribution is 2.36. The van der Waals surface area contributed by atoms with Crippen molar-refractivity contribution in [2.24, 2.45) is 0 Å². The smallest absolute Gasteiger partial charge is 0.352 e. The van der Waals surface area contributed by atoms with Crippen molar-refractivity contribution in [3.63, 3.8) is 0 Å². The van der Waals surface area contributed by atoms with E-state index in [2.05, 4.69) is 33.4 Å². The SMILES string of the molecule is CCCc1cc2c(N3CCn4c(nnc4C(F)(F)F)C3)nc(N3CCCC(NC(C)=O)C3)nc2s1. The molecule has 3 aromatic heterocycles. The number of anilines is 2. The third kappa shape index (κ3) is 4.78. The van der Waals surface area contributed by atoms with Crippen molar-refractivity contribution in [3.05, 3.63) is 22.6 Å². The molecule has 35 heavy (non-hydrogen) atoms. The third-order valence-corrected chi connectivity index (χ3v) is 7.41. The summed E-state index contributed by atoms with van der Waals surface area (Å²) < 4.78 is 41.0. The van der Waals surface area contributed by atoms with Gasteiger partial charge in [-0.15, -0.1) is 21.5 Å². The number of nitrogens with zero attached hydrogens (tertiary/aromatic N) is 7. The summed E-state index contributed by atoms with van der Waals surface area (Å²) in [5.41, 5.74) is 0. The van der Waals surface area contributed by atoms with Crippen LogP contribution in [0.1, 0.15) is 49.6 Å². The molecule has 2 aliphatic heterocycles. The number of rotatable bonds is 5. The molecule has 0 spiro atoms. The molecule has 0 saturated carbocycles. The summed E-state index contributed by atoms with van der Waals surface area (Å²) in [4.78, 5) is 27.5. The predicted octanol–water partition coefficient (Wildman–Crippen LogP) is 3.38. The lowest BCUT2D eigenvalue weighted by Crippen LogP contribution is -2.47. The molecule has 1 fully saturated rings. The average molecular weight is 509 g/mol. The summed E-state index contributed by atoms with van der Waals surface area (Å²) in [5.74, 6) is 0.527. The van der Waals surface area contributed by atoms with Crippen LogP contribution in [0.25, 0.3) is 10.2 Å². The van der Waals surface area contributed by atoms with Gasteiger partial charge in [-0.3, -0.25) is 4.79 Å². The van der Waals surface area contributed by atoms with Gasteiger partial charge in [0.1, 0.15) is 10.6 Å². The molecule has 0 bridgehead atoms. The summed E-state index contributed by atoms with van der Waals surface area (Å²) in [5, 5.41) is 11.1. The van der Waals surface area contributed by atoms with Crippen molar-refractivity contribution in [3.8, 4) is 0 Å². The van der Waals surface area contributed by atoms with Crippen LogP contribution in [-0.4, -0.2) is 56.3 Å². The highest BCUT2D eigenvalue weighted by Gasteiger charge is 2.40. The number of piperidine rings is 1. The van der Waals surface area contributed by atoms with Crippen LogP contribution in [0.15, 0.2) is 6.07 Å². The molecule has 0 aliphatic carbocycles. The molecule has 13 heteroatoms. The first-order valence-electron chi connectivity index (χ1n) is 11.8. The summed E-state index contributed by atoms with van der Waals surface area (Å²) in [6.07, 6.45) is -0.814. The van der Waals surface area contributed by atoms with Crippen molar-refractivity contribution >= 4 is 39.2 Å². The number of halogens is 3. The Bertz CT molecular complexity index is 1240. The van der Waals surface area contributed by atoms with Gasteiger partial charge < -0.3 is 19.7 Å². The van der Waals surface area contributed by atoms with Gasteiger partial charge in [0.25, 0.3) is 0 Å². The molecule has 1 unspecified atom stereocenters. The summed E-state index contributed by atoms with van der Waals surface area (Å²) in [7, 11) is 0. The fraction of sp³-hybridized carbons (Fsp3) is 0.591. The lowest BCUT2D eigenvalue weighted by atomic mass is 10.1. The third-order valence-electron chi connectivity index (χ3n) is 6.33. The van der Waals surface area contributed by atoms with Crippen LogP contribution in [0, 0.1) is 0 Å². The number of thiophene rings is 1. The molecular weight excluding hydrogens is 481 g/mol. The van der Waals surface area contributed by atoms with Gasteiger partial charge in [0.15, 0.2) is 5.82 Å². The summed E-state index contributed by atoms with van der Waals surface area (Å²) in [6.45, 7) is 5.68. The standard InChI is InChI=1S/C22H27F3N8OS/c1-3-5-15-10-16-18(31-8-9-33-17(12-31)29-30-20(33)22(23,24)25)27-21(28-19(16)35-15)32-7-4-6-14(11-32)26-13(2)34/h10,14H,3-9,11-12H2,1-2H3,(H,26,34). The van der Waals surface area contributed by atoms with Crippen LogP contribution in [0.5, 0.6) is 0 Å². The Kier molecular flexibility index (Phi) is 6.28. The van der Waals surface area contributed by atoms with E-state index in [9.17, 15) is 18.0 Å². The number of aryl methyl sites for hydroxylation is 1.